The molecule has 0 bridgehead atoms. The second-order valence-electron chi connectivity index (χ2n) is 4.75. The number of hydrogen-bond acceptors (Lipinski definition) is 2. The molecule has 0 heterocycles. The van der Waals surface area contributed by atoms with Gasteiger partial charge in [0, 0.05) is 29.5 Å². The van der Waals surface area contributed by atoms with E-state index < -0.39 is 0 Å². The van der Waals surface area contributed by atoms with Crippen molar-refractivity contribution < 1.29 is 9.59 Å². The van der Waals surface area contributed by atoms with Gasteiger partial charge in [-0.05, 0) is 30.2 Å². The lowest BCUT2D eigenvalue weighted by Gasteiger charge is -2.08. The summed E-state index contributed by atoms with van der Waals surface area (Å²) in [5.41, 5.74) is 0.752. The molecule has 1 aromatic carbocycles. The van der Waals surface area contributed by atoms with Crippen molar-refractivity contribution in [2.45, 2.75) is 26.7 Å². The smallest absolute Gasteiger partial charge is 0.226 e. The van der Waals surface area contributed by atoms with Gasteiger partial charge in [-0.3, -0.25) is 9.59 Å². The number of carbonyl (C=O) groups is 2. The first-order chi connectivity index (χ1) is 8.97. The van der Waals surface area contributed by atoms with E-state index in [9.17, 15) is 9.59 Å². The molecule has 0 radical (unpaired) electrons. The first-order valence-electron chi connectivity index (χ1n) is 6.29. The first-order valence-corrected chi connectivity index (χ1v) is 7.09. The Balaban J connectivity index is 2.25. The average molecular weight is 327 g/mol. The normalized spacial score (nSPS) is 10.3. The second-order valence-corrected chi connectivity index (χ2v) is 5.67. The number of hydrogen-bond donors (Lipinski definition) is 2. The number of carbonyl (C=O) groups excluding carboxylic acids is 2. The van der Waals surface area contributed by atoms with Gasteiger partial charge in [0.2, 0.25) is 11.8 Å². The minimum absolute atomic E-state index is 0.00792. The molecule has 4 nitrogen and oxygen atoms in total. The summed E-state index contributed by atoms with van der Waals surface area (Å²) in [4.78, 5) is 23.0. The molecule has 0 aliphatic rings. The van der Waals surface area contributed by atoms with Gasteiger partial charge in [0.1, 0.15) is 0 Å². The fourth-order valence-corrected chi connectivity index (χ4v) is 1.78. The molecule has 1 rings (SSSR count). The van der Waals surface area contributed by atoms with Crippen LogP contribution in [0.3, 0.4) is 0 Å². The van der Waals surface area contributed by atoms with Gasteiger partial charge in [0.15, 0.2) is 0 Å². The Kier molecular flexibility index (Phi) is 6.56. The number of halogens is 1. The average Bonchev–Trinajstić information content (AvgIpc) is 2.31. The topological polar surface area (TPSA) is 58.2 Å². The van der Waals surface area contributed by atoms with Crippen LogP contribution < -0.4 is 10.6 Å². The molecule has 0 saturated heterocycles. The molecule has 0 fully saturated rings. The van der Waals surface area contributed by atoms with E-state index in [0.29, 0.717) is 18.9 Å². The number of amides is 2. The van der Waals surface area contributed by atoms with Gasteiger partial charge in [-0.15, -0.1) is 0 Å². The van der Waals surface area contributed by atoms with Crippen molar-refractivity contribution in [2.24, 2.45) is 5.92 Å². The minimum Gasteiger partial charge on any atom is -0.356 e. The Morgan fingerprint density at radius 1 is 1.16 bits per heavy atom. The summed E-state index contributed by atoms with van der Waals surface area (Å²) in [7, 11) is 0. The van der Waals surface area contributed by atoms with Crippen LogP contribution in [0.25, 0.3) is 0 Å². The Hall–Kier alpha value is -1.36. The summed E-state index contributed by atoms with van der Waals surface area (Å²) in [5, 5.41) is 5.51. The largest absolute Gasteiger partial charge is 0.356 e. The Labute approximate surface area is 122 Å². The molecular weight excluding hydrogens is 308 g/mol. The summed E-state index contributed by atoms with van der Waals surface area (Å²) in [6, 6.07) is 7.36. The van der Waals surface area contributed by atoms with Crippen LogP contribution in [0.4, 0.5) is 5.69 Å². The summed E-state index contributed by atoms with van der Waals surface area (Å²) in [5.74, 6) is 0.218. The van der Waals surface area contributed by atoms with Gasteiger partial charge >= 0.3 is 0 Å². The molecule has 0 aliphatic heterocycles. The van der Waals surface area contributed by atoms with Gasteiger partial charge < -0.3 is 10.6 Å². The third kappa shape index (κ3) is 6.96. The molecular formula is C14H19BrN2O2. The van der Waals surface area contributed by atoms with Crippen LogP contribution in [-0.4, -0.2) is 18.4 Å². The highest BCUT2D eigenvalue weighted by molar-refractivity contribution is 9.10. The summed E-state index contributed by atoms with van der Waals surface area (Å²) < 4.78 is 0.964. The van der Waals surface area contributed by atoms with E-state index in [0.717, 1.165) is 10.2 Å². The van der Waals surface area contributed by atoms with Crippen molar-refractivity contribution in [3.8, 4) is 0 Å². The van der Waals surface area contributed by atoms with E-state index >= 15 is 0 Å². The van der Waals surface area contributed by atoms with E-state index in [4.69, 9.17) is 0 Å². The Bertz CT molecular complexity index is 430. The molecule has 0 atom stereocenters. The van der Waals surface area contributed by atoms with E-state index in [2.05, 4.69) is 26.6 Å². The lowest BCUT2D eigenvalue weighted by atomic mass is 10.1. The summed E-state index contributed by atoms with van der Waals surface area (Å²) in [6.45, 7) is 4.34. The van der Waals surface area contributed by atoms with E-state index in [1.54, 1.807) is 0 Å². The molecule has 0 saturated carbocycles. The Morgan fingerprint density at radius 2 is 1.79 bits per heavy atom. The zero-order valence-electron chi connectivity index (χ0n) is 11.2. The van der Waals surface area contributed by atoms with Crippen molar-refractivity contribution in [1.29, 1.82) is 0 Å². The van der Waals surface area contributed by atoms with Crippen molar-refractivity contribution in [2.75, 3.05) is 11.9 Å². The maximum atomic E-state index is 11.6. The SMILES string of the molecule is CC(C)CC(=O)NCCC(=O)Nc1ccc(Br)cc1. The van der Waals surface area contributed by atoms with Gasteiger partial charge in [0.25, 0.3) is 0 Å². The third-order valence-electron chi connectivity index (χ3n) is 2.40. The van der Waals surface area contributed by atoms with Crippen molar-refractivity contribution >= 4 is 33.4 Å². The standard InChI is InChI=1S/C14H19BrN2O2/c1-10(2)9-14(19)16-8-7-13(18)17-12-5-3-11(15)4-6-12/h3-6,10H,7-9H2,1-2H3,(H,16,19)(H,17,18). The highest BCUT2D eigenvalue weighted by Gasteiger charge is 2.06. The van der Waals surface area contributed by atoms with Crippen LogP contribution in [0.2, 0.25) is 0 Å². The predicted octanol–water partition coefficient (Wildman–Crippen LogP) is 2.94. The number of benzene rings is 1. The zero-order chi connectivity index (χ0) is 14.3. The number of rotatable bonds is 6. The first kappa shape index (κ1) is 15.7. The number of anilines is 1. The maximum Gasteiger partial charge on any atom is 0.226 e. The maximum absolute atomic E-state index is 11.6. The fraction of sp³-hybridized carbons (Fsp3) is 0.429. The Morgan fingerprint density at radius 3 is 2.37 bits per heavy atom. The zero-order valence-corrected chi connectivity index (χ0v) is 12.8. The molecule has 0 spiro atoms. The quantitative estimate of drug-likeness (QED) is 0.844. The van der Waals surface area contributed by atoms with Gasteiger partial charge in [-0.2, -0.15) is 0 Å². The summed E-state index contributed by atoms with van der Waals surface area (Å²) in [6.07, 6.45) is 0.772. The minimum atomic E-state index is -0.104. The molecule has 0 aromatic heterocycles. The highest BCUT2D eigenvalue weighted by Crippen LogP contribution is 2.14. The van der Waals surface area contributed by atoms with Gasteiger partial charge in [-0.1, -0.05) is 29.8 Å². The predicted molar refractivity (Wildman–Crippen MR) is 79.9 cm³/mol. The number of nitrogens with one attached hydrogen (secondary N) is 2. The molecule has 2 amide bonds. The van der Waals surface area contributed by atoms with Crippen LogP contribution in [0, 0.1) is 5.92 Å². The van der Waals surface area contributed by atoms with Crippen molar-refractivity contribution in [1.82, 2.24) is 5.32 Å². The molecule has 104 valence electrons. The van der Waals surface area contributed by atoms with Crippen LogP contribution >= 0.6 is 15.9 Å². The van der Waals surface area contributed by atoms with Gasteiger partial charge in [-0.25, -0.2) is 0 Å². The molecule has 0 unspecified atom stereocenters. The fourth-order valence-electron chi connectivity index (χ4n) is 1.52. The summed E-state index contributed by atoms with van der Waals surface area (Å²) >= 11 is 3.33. The van der Waals surface area contributed by atoms with Crippen LogP contribution in [0.5, 0.6) is 0 Å². The van der Waals surface area contributed by atoms with Crippen molar-refractivity contribution in [3.63, 3.8) is 0 Å². The highest BCUT2D eigenvalue weighted by atomic mass is 79.9. The van der Waals surface area contributed by atoms with Crippen LogP contribution in [-0.2, 0) is 9.59 Å². The molecule has 0 aliphatic carbocycles. The lowest BCUT2D eigenvalue weighted by molar-refractivity contribution is -0.121. The van der Waals surface area contributed by atoms with Crippen LogP contribution in [0.15, 0.2) is 28.7 Å². The van der Waals surface area contributed by atoms with E-state index in [1.807, 2.05) is 38.1 Å². The molecule has 19 heavy (non-hydrogen) atoms. The van der Waals surface area contributed by atoms with Crippen molar-refractivity contribution in [3.05, 3.63) is 28.7 Å². The molecule has 2 N–H and O–H groups in total. The monoisotopic (exact) mass is 326 g/mol. The lowest BCUT2D eigenvalue weighted by Crippen LogP contribution is -2.28. The second kappa shape index (κ2) is 7.94. The molecule has 1 aromatic rings. The molecule has 5 heteroatoms. The van der Waals surface area contributed by atoms with E-state index in [-0.39, 0.29) is 18.2 Å². The third-order valence-corrected chi connectivity index (χ3v) is 2.92. The van der Waals surface area contributed by atoms with Crippen LogP contribution in [0.1, 0.15) is 26.7 Å². The van der Waals surface area contributed by atoms with Gasteiger partial charge in [0.05, 0.1) is 0 Å². The van der Waals surface area contributed by atoms with E-state index in [1.165, 1.54) is 0 Å².